The summed E-state index contributed by atoms with van der Waals surface area (Å²) >= 11 is 0. The first kappa shape index (κ1) is 39.5. The third-order valence-electron chi connectivity index (χ3n) is 4.69. The van der Waals surface area contributed by atoms with Gasteiger partial charge >= 0.3 is 77.5 Å². The average molecular weight is 690 g/mol. The Balaban J connectivity index is 7.49. The number of hydrogen-bond donors (Lipinski definition) is 0. The zero-order valence-corrected chi connectivity index (χ0v) is 18.1. The molecule has 0 amide bonds. The molecule has 1 atom stereocenters. The van der Waals surface area contributed by atoms with E-state index in [1.165, 1.54) is 0 Å². The van der Waals surface area contributed by atoms with Gasteiger partial charge in [-0.1, -0.05) is 6.58 Å². The Morgan fingerprint density at radius 3 is 0.786 bits per heavy atom. The largest absolute Gasteiger partial charge is 0.467 e. The molecule has 0 saturated heterocycles. The van der Waals surface area contributed by atoms with Crippen molar-refractivity contribution in [1.82, 2.24) is 0 Å². The summed E-state index contributed by atoms with van der Waals surface area (Å²) in [5.41, 5.74) is 0. The lowest BCUT2D eigenvalue weighted by molar-refractivity contribution is -0.489. The van der Waals surface area contributed by atoms with Gasteiger partial charge in [-0.25, -0.2) is 4.79 Å². The Morgan fingerprint density at radius 2 is 0.595 bits per heavy atom. The lowest BCUT2D eigenvalue weighted by atomic mass is 9.85. The van der Waals surface area contributed by atoms with E-state index in [1.54, 1.807) is 0 Å². The molecule has 0 bridgehead atoms. The molecular weight excluding hydrogens is 687 g/mol. The van der Waals surface area contributed by atoms with E-state index < -0.39 is 83.6 Å². The molecule has 250 valence electrons. The van der Waals surface area contributed by atoms with Gasteiger partial charge < -0.3 is 4.74 Å². The maximum atomic E-state index is 13.9. The summed E-state index contributed by atoms with van der Waals surface area (Å²) in [6.07, 6.45) is -17.1. The van der Waals surface area contributed by atoms with Crippen LogP contribution in [0.5, 0.6) is 0 Å². The molecular formula is C15H3F25O2. The SMILES string of the molecule is C=CC(=O)OC(F)(C(F)(F)F)C(F)(F)C(F)(F)C(F)(F)C(F)(F)C(F)(F)C(F)(F)C(F)(F)C(F)(F)C(F)(F)C(F)(F)F. The summed E-state index contributed by atoms with van der Waals surface area (Å²) in [5, 5.41) is 0. The van der Waals surface area contributed by atoms with Gasteiger partial charge in [0, 0.05) is 6.08 Å². The van der Waals surface area contributed by atoms with E-state index in [0.29, 0.717) is 0 Å². The third-order valence-corrected chi connectivity index (χ3v) is 4.69. The smallest absolute Gasteiger partial charge is 0.411 e. The molecule has 0 aromatic rings. The van der Waals surface area contributed by atoms with Crippen molar-refractivity contribution >= 4 is 5.97 Å². The van der Waals surface area contributed by atoms with Gasteiger partial charge in [-0.05, 0) is 0 Å². The first-order chi connectivity index (χ1) is 17.7. The van der Waals surface area contributed by atoms with E-state index in [4.69, 9.17) is 0 Å². The number of carbonyl (C=O) groups excluding carboxylic acids is 1. The molecule has 0 rings (SSSR count). The van der Waals surface area contributed by atoms with Gasteiger partial charge in [0.25, 0.3) is 0 Å². The van der Waals surface area contributed by atoms with Crippen molar-refractivity contribution in [2.45, 2.75) is 71.5 Å². The quantitative estimate of drug-likeness (QED) is 0.124. The summed E-state index contributed by atoms with van der Waals surface area (Å²) < 4.78 is 332. The minimum atomic E-state index is -9.66. The molecule has 0 aliphatic heterocycles. The first-order valence-electron chi connectivity index (χ1n) is 8.78. The molecule has 0 aliphatic carbocycles. The van der Waals surface area contributed by atoms with Crippen molar-refractivity contribution < 1.29 is 119 Å². The lowest BCUT2D eigenvalue weighted by Crippen LogP contribution is -2.78. The second kappa shape index (κ2) is 9.73. The minimum absolute atomic E-state index is 0.866. The van der Waals surface area contributed by atoms with Crippen LogP contribution in [0.25, 0.3) is 0 Å². The number of halogens is 25. The maximum absolute atomic E-state index is 13.9. The van der Waals surface area contributed by atoms with Crippen LogP contribution in [-0.4, -0.2) is 77.5 Å². The average Bonchev–Trinajstić information content (AvgIpc) is 2.75. The number of hydrogen-bond acceptors (Lipinski definition) is 2. The first-order valence-corrected chi connectivity index (χ1v) is 8.78. The van der Waals surface area contributed by atoms with Gasteiger partial charge in [-0.3, -0.25) is 0 Å². The predicted octanol–water partition coefficient (Wildman–Crippen LogP) is 8.22. The second-order valence-electron chi connectivity index (χ2n) is 7.39. The minimum Gasteiger partial charge on any atom is -0.411 e. The Labute approximate surface area is 211 Å². The highest BCUT2D eigenvalue weighted by Gasteiger charge is 3.00. The van der Waals surface area contributed by atoms with Crippen LogP contribution >= 0.6 is 0 Å². The van der Waals surface area contributed by atoms with E-state index in [1.807, 2.05) is 11.3 Å². The molecule has 0 aromatic heterocycles. The Morgan fingerprint density at radius 1 is 0.381 bits per heavy atom. The van der Waals surface area contributed by atoms with Crippen LogP contribution in [0.2, 0.25) is 0 Å². The van der Waals surface area contributed by atoms with Crippen LogP contribution in [0.4, 0.5) is 110 Å². The molecule has 27 heteroatoms. The third kappa shape index (κ3) is 4.65. The molecule has 1 unspecified atom stereocenters. The Hall–Kier alpha value is -2.54. The predicted molar refractivity (Wildman–Crippen MR) is 76.8 cm³/mol. The molecule has 2 nitrogen and oxygen atoms in total. The highest BCUT2D eigenvalue weighted by Crippen LogP contribution is 2.67. The van der Waals surface area contributed by atoms with Gasteiger partial charge in [-0.2, -0.15) is 110 Å². The van der Waals surface area contributed by atoms with Crippen molar-refractivity contribution in [3.8, 4) is 0 Å². The van der Waals surface area contributed by atoms with Gasteiger partial charge in [-0.15, -0.1) is 0 Å². The summed E-state index contributed by atoms with van der Waals surface area (Å²) in [6.45, 7) is 2.05. The van der Waals surface area contributed by atoms with E-state index in [2.05, 4.69) is 0 Å². The van der Waals surface area contributed by atoms with E-state index in [9.17, 15) is 115 Å². The number of ether oxygens (including phenoxy) is 1. The summed E-state index contributed by atoms with van der Waals surface area (Å²) in [4.78, 5) is 10.6. The van der Waals surface area contributed by atoms with Crippen molar-refractivity contribution in [2.75, 3.05) is 0 Å². The van der Waals surface area contributed by atoms with Gasteiger partial charge in [0.15, 0.2) is 0 Å². The Kier molecular flexibility index (Phi) is 9.15. The number of alkyl halides is 25. The fourth-order valence-corrected chi connectivity index (χ4v) is 2.24. The zero-order chi connectivity index (χ0) is 35.0. The molecule has 0 radical (unpaired) electrons. The summed E-state index contributed by atoms with van der Waals surface area (Å²) in [5.74, 6) is -95.3. The standard InChI is InChI=1S/C15H3F25O2/c1-2-3(41)42-13(34,15(38,39)40)11(30,31)9(26,27)7(22,23)5(18,19)4(16,17)6(20,21)8(24,25)10(28,29)12(32,33)14(35,36)37/h2H,1H2. The van der Waals surface area contributed by atoms with Crippen molar-refractivity contribution in [3.05, 3.63) is 12.7 Å². The molecule has 42 heavy (non-hydrogen) atoms. The molecule has 0 aliphatic rings. The van der Waals surface area contributed by atoms with Crippen molar-refractivity contribution in [1.29, 1.82) is 0 Å². The number of esters is 1. The second-order valence-corrected chi connectivity index (χ2v) is 7.39. The van der Waals surface area contributed by atoms with Crippen LogP contribution < -0.4 is 0 Å². The molecule has 0 aromatic carbocycles. The van der Waals surface area contributed by atoms with Gasteiger partial charge in [0.05, 0.1) is 0 Å². The molecule has 0 fully saturated rings. The lowest BCUT2D eigenvalue weighted by Gasteiger charge is -2.45. The zero-order valence-electron chi connectivity index (χ0n) is 18.1. The van der Waals surface area contributed by atoms with Crippen LogP contribution in [0.15, 0.2) is 12.7 Å². The van der Waals surface area contributed by atoms with E-state index in [-0.39, 0.29) is 0 Å². The van der Waals surface area contributed by atoms with E-state index in [0.717, 1.165) is 0 Å². The maximum Gasteiger partial charge on any atom is 0.467 e. The fourth-order valence-electron chi connectivity index (χ4n) is 2.24. The monoisotopic (exact) mass is 690 g/mol. The molecule has 0 heterocycles. The number of rotatable bonds is 11. The van der Waals surface area contributed by atoms with Crippen LogP contribution in [0.1, 0.15) is 0 Å². The van der Waals surface area contributed by atoms with Gasteiger partial charge in [0.1, 0.15) is 0 Å². The molecule has 0 spiro atoms. The van der Waals surface area contributed by atoms with Crippen LogP contribution in [-0.2, 0) is 9.53 Å². The number of carbonyl (C=O) groups is 1. The highest BCUT2D eigenvalue weighted by atomic mass is 19.4. The summed E-state index contributed by atoms with van der Waals surface area (Å²) in [6, 6.07) is 0. The normalized spacial score (nSPS) is 17.5. The van der Waals surface area contributed by atoms with Gasteiger partial charge in [0.2, 0.25) is 0 Å². The van der Waals surface area contributed by atoms with Crippen molar-refractivity contribution in [3.63, 3.8) is 0 Å². The van der Waals surface area contributed by atoms with Crippen LogP contribution in [0.3, 0.4) is 0 Å². The topological polar surface area (TPSA) is 26.3 Å². The fraction of sp³-hybridized carbons (Fsp3) is 0.800. The Bertz CT molecular complexity index is 1030. The van der Waals surface area contributed by atoms with Crippen LogP contribution in [0, 0.1) is 0 Å². The highest BCUT2D eigenvalue weighted by molar-refractivity contribution is 5.81. The molecule has 0 N–H and O–H groups in total. The van der Waals surface area contributed by atoms with E-state index >= 15 is 0 Å². The summed E-state index contributed by atoms with van der Waals surface area (Å²) in [7, 11) is 0. The molecule has 0 saturated carbocycles. The van der Waals surface area contributed by atoms with Crippen molar-refractivity contribution in [2.24, 2.45) is 0 Å².